The Labute approximate surface area is 177 Å². The molecule has 0 fully saturated rings. The van der Waals surface area contributed by atoms with Gasteiger partial charge < -0.3 is 19.0 Å². The van der Waals surface area contributed by atoms with E-state index in [4.69, 9.17) is 9.47 Å². The Morgan fingerprint density at radius 1 is 1.30 bits per heavy atom. The Morgan fingerprint density at radius 3 is 2.77 bits per heavy atom. The van der Waals surface area contributed by atoms with Crippen molar-refractivity contribution in [3.63, 3.8) is 0 Å². The molecule has 30 heavy (non-hydrogen) atoms. The van der Waals surface area contributed by atoms with Crippen LogP contribution in [0.3, 0.4) is 0 Å². The smallest absolute Gasteiger partial charge is 0.414 e. The molecule has 10 heteroatoms. The number of H-pyrrole nitrogens is 1. The van der Waals surface area contributed by atoms with Crippen LogP contribution < -0.4 is 5.32 Å². The minimum absolute atomic E-state index is 0.297. The summed E-state index contributed by atoms with van der Waals surface area (Å²) < 4.78 is 13.0. The van der Waals surface area contributed by atoms with Crippen molar-refractivity contribution in [3.8, 4) is 11.4 Å². The first-order chi connectivity index (χ1) is 14.0. The van der Waals surface area contributed by atoms with E-state index in [0.717, 1.165) is 23.9 Å². The van der Waals surface area contributed by atoms with E-state index in [1.807, 2.05) is 4.57 Å². The number of amides is 1. The molecule has 0 aliphatic heterocycles. The average molecular weight is 431 g/mol. The zero-order valence-electron chi connectivity index (χ0n) is 18.4. The standard InChI is InChI=1S/C20H30N6O3Si/c1-20(2,3)29-19(27)25-18-23-14-7-8-22-17(16(14)24-18)15-11-21-12-26(15)13-28-9-10-30(4,5)6/h7-8,11-12H,9-10,13H2,1-6H3,(H2,23,24,25,27). The fraction of sp³-hybridized carbons (Fsp3) is 0.500. The third kappa shape index (κ3) is 5.89. The number of hydrogen-bond acceptors (Lipinski definition) is 6. The van der Waals surface area contributed by atoms with Gasteiger partial charge in [-0.3, -0.25) is 10.3 Å². The number of carbonyl (C=O) groups is 1. The molecular formula is C20H30N6O3Si. The largest absolute Gasteiger partial charge is 0.444 e. The first-order valence-corrected chi connectivity index (χ1v) is 13.7. The molecule has 162 valence electrons. The van der Waals surface area contributed by atoms with E-state index in [-0.39, 0.29) is 0 Å². The summed E-state index contributed by atoms with van der Waals surface area (Å²) in [7, 11) is -1.14. The molecule has 0 spiro atoms. The molecule has 0 radical (unpaired) electrons. The van der Waals surface area contributed by atoms with Crippen LogP contribution in [0.1, 0.15) is 20.8 Å². The maximum Gasteiger partial charge on any atom is 0.414 e. The van der Waals surface area contributed by atoms with E-state index in [9.17, 15) is 4.79 Å². The van der Waals surface area contributed by atoms with Gasteiger partial charge in [0.15, 0.2) is 0 Å². The summed E-state index contributed by atoms with van der Waals surface area (Å²) in [5.74, 6) is 0.297. The van der Waals surface area contributed by atoms with Crippen LogP contribution in [0.2, 0.25) is 25.7 Å². The highest BCUT2D eigenvalue weighted by Crippen LogP contribution is 2.26. The number of imidazole rings is 2. The molecule has 0 atom stereocenters. The Balaban J connectivity index is 1.78. The van der Waals surface area contributed by atoms with Gasteiger partial charge >= 0.3 is 6.09 Å². The number of nitrogens with one attached hydrogen (secondary N) is 2. The number of aromatic nitrogens is 5. The van der Waals surface area contributed by atoms with Crippen LogP contribution in [0, 0.1) is 0 Å². The topological polar surface area (TPSA) is 107 Å². The molecule has 0 aliphatic carbocycles. The van der Waals surface area contributed by atoms with Crippen molar-refractivity contribution in [3.05, 3.63) is 24.8 Å². The summed E-state index contributed by atoms with van der Waals surface area (Å²) in [6.45, 7) is 13.5. The summed E-state index contributed by atoms with van der Waals surface area (Å²) in [6.07, 6.45) is 4.57. The van der Waals surface area contributed by atoms with Gasteiger partial charge in [-0.1, -0.05) is 19.6 Å². The lowest BCUT2D eigenvalue weighted by molar-refractivity contribution is 0.0635. The van der Waals surface area contributed by atoms with Gasteiger partial charge in [0.1, 0.15) is 23.5 Å². The second-order valence-corrected chi connectivity index (χ2v) is 15.0. The van der Waals surface area contributed by atoms with Crippen LogP contribution >= 0.6 is 0 Å². The van der Waals surface area contributed by atoms with Crippen molar-refractivity contribution in [1.82, 2.24) is 24.5 Å². The second-order valence-electron chi connectivity index (χ2n) is 9.36. The van der Waals surface area contributed by atoms with E-state index in [1.54, 1.807) is 45.6 Å². The SMILES string of the molecule is CC(C)(C)OC(=O)Nc1nc2c(-c3cncn3COCC[Si](C)(C)C)nccc2[nH]1. The lowest BCUT2D eigenvalue weighted by Gasteiger charge is -2.18. The predicted octanol–water partition coefficient (Wildman–Crippen LogP) is 4.48. The van der Waals surface area contributed by atoms with Gasteiger partial charge in [0.05, 0.1) is 23.7 Å². The van der Waals surface area contributed by atoms with Crippen LogP contribution in [0.4, 0.5) is 10.7 Å². The van der Waals surface area contributed by atoms with Crippen molar-refractivity contribution in [2.45, 2.75) is 58.8 Å². The van der Waals surface area contributed by atoms with Crippen LogP contribution in [0.5, 0.6) is 0 Å². The minimum atomic E-state index is -1.14. The zero-order chi connectivity index (χ0) is 21.9. The maximum absolute atomic E-state index is 12.1. The molecule has 1 amide bonds. The summed E-state index contributed by atoms with van der Waals surface area (Å²) in [6, 6.07) is 2.90. The van der Waals surface area contributed by atoms with Gasteiger partial charge in [0.25, 0.3) is 0 Å². The highest BCUT2D eigenvalue weighted by atomic mass is 28.3. The lowest BCUT2D eigenvalue weighted by Crippen LogP contribution is -2.27. The molecule has 2 N–H and O–H groups in total. The van der Waals surface area contributed by atoms with Gasteiger partial charge in [-0.25, -0.2) is 14.8 Å². The van der Waals surface area contributed by atoms with E-state index >= 15 is 0 Å². The quantitative estimate of drug-likeness (QED) is 0.423. The van der Waals surface area contributed by atoms with Crippen LogP contribution in [0.15, 0.2) is 24.8 Å². The zero-order valence-corrected chi connectivity index (χ0v) is 19.4. The molecule has 0 bridgehead atoms. The van der Waals surface area contributed by atoms with E-state index < -0.39 is 19.8 Å². The Hall–Kier alpha value is -2.72. The van der Waals surface area contributed by atoms with Crippen LogP contribution in [0.25, 0.3) is 22.4 Å². The van der Waals surface area contributed by atoms with Gasteiger partial charge in [-0.2, -0.15) is 0 Å². The molecular weight excluding hydrogens is 400 g/mol. The van der Waals surface area contributed by atoms with Crippen LogP contribution in [-0.2, 0) is 16.2 Å². The Morgan fingerprint density at radius 2 is 2.07 bits per heavy atom. The third-order valence-electron chi connectivity index (χ3n) is 4.20. The predicted molar refractivity (Wildman–Crippen MR) is 119 cm³/mol. The molecule has 0 saturated carbocycles. The molecule has 3 heterocycles. The third-order valence-corrected chi connectivity index (χ3v) is 5.91. The lowest BCUT2D eigenvalue weighted by atomic mass is 10.2. The molecule has 3 rings (SSSR count). The summed E-state index contributed by atoms with van der Waals surface area (Å²) in [5.41, 5.74) is 2.24. The Bertz CT molecular complexity index is 1020. The molecule has 0 unspecified atom stereocenters. The number of anilines is 1. The number of aromatic amines is 1. The second kappa shape index (κ2) is 8.56. The number of ether oxygens (including phenoxy) is 2. The van der Waals surface area contributed by atoms with Crippen molar-refractivity contribution in [1.29, 1.82) is 0 Å². The monoisotopic (exact) mass is 430 g/mol. The normalized spacial score (nSPS) is 12.3. The van der Waals surface area contributed by atoms with Crippen molar-refractivity contribution < 1.29 is 14.3 Å². The van der Waals surface area contributed by atoms with Crippen molar-refractivity contribution in [2.24, 2.45) is 0 Å². The fourth-order valence-electron chi connectivity index (χ4n) is 2.74. The first-order valence-electron chi connectivity index (χ1n) is 9.95. The first kappa shape index (κ1) is 22.0. The fourth-order valence-corrected chi connectivity index (χ4v) is 3.50. The van der Waals surface area contributed by atoms with Crippen molar-refractivity contribution >= 4 is 31.1 Å². The van der Waals surface area contributed by atoms with Gasteiger partial charge in [-0.05, 0) is 32.9 Å². The van der Waals surface area contributed by atoms with E-state index in [1.165, 1.54) is 0 Å². The number of hydrogen-bond donors (Lipinski definition) is 2. The summed E-state index contributed by atoms with van der Waals surface area (Å²) in [5, 5.41) is 2.63. The number of pyridine rings is 1. The average Bonchev–Trinajstić information content (AvgIpc) is 3.21. The number of rotatable bonds is 7. The molecule has 3 aromatic heterocycles. The van der Waals surface area contributed by atoms with Gasteiger partial charge in [0.2, 0.25) is 5.95 Å². The minimum Gasteiger partial charge on any atom is -0.444 e. The highest BCUT2D eigenvalue weighted by molar-refractivity contribution is 6.76. The number of carbonyl (C=O) groups excluding carboxylic acids is 1. The van der Waals surface area contributed by atoms with Crippen LogP contribution in [-0.4, -0.2) is 50.9 Å². The van der Waals surface area contributed by atoms with Gasteiger partial charge in [0, 0.05) is 20.9 Å². The Kier molecular flexibility index (Phi) is 6.27. The number of fused-ring (bicyclic) bond motifs is 1. The molecule has 0 saturated heterocycles. The maximum atomic E-state index is 12.1. The molecule has 0 aromatic carbocycles. The number of nitrogens with zero attached hydrogens (tertiary/aromatic N) is 4. The van der Waals surface area contributed by atoms with E-state index in [2.05, 4.69) is 44.9 Å². The molecule has 9 nitrogen and oxygen atoms in total. The highest BCUT2D eigenvalue weighted by Gasteiger charge is 2.19. The molecule has 0 aliphatic rings. The molecule has 3 aromatic rings. The van der Waals surface area contributed by atoms with Gasteiger partial charge in [-0.15, -0.1) is 0 Å². The van der Waals surface area contributed by atoms with Crippen molar-refractivity contribution in [2.75, 3.05) is 11.9 Å². The summed E-state index contributed by atoms with van der Waals surface area (Å²) >= 11 is 0. The van der Waals surface area contributed by atoms with E-state index in [0.29, 0.717) is 23.9 Å². The summed E-state index contributed by atoms with van der Waals surface area (Å²) in [4.78, 5) is 28.4.